The van der Waals surface area contributed by atoms with Gasteiger partial charge in [0.15, 0.2) is 6.61 Å². The van der Waals surface area contributed by atoms with Crippen LogP contribution < -0.4 is 20.1 Å². The molecule has 0 radical (unpaired) electrons. The molecule has 0 bridgehead atoms. The Balaban J connectivity index is 1.36. The molecular weight excluding hydrogens is 584 g/mol. The number of ether oxygens (including phenoxy) is 1. The quantitative estimate of drug-likeness (QED) is 0.266. The summed E-state index contributed by atoms with van der Waals surface area (Å²) in [5.41, 5.74) is 0.868. The zero-order valence-corrected chi connectivity index (χ0v) is 22.7. The van der Waals surface area contributed by atoms with Gasteiger partial charge in [-0.2, -0.15) is 0 Å². The fourth-order valence-electron chi connectivity index (χ4n) is 4.60. The smallest absolute Gasteiger partial charge is 0.323 e. The molecule has 13 nitrogen and oxygen atoms in total. The summed E-state index contributed by atoms with van der Waals surface area (Å²) < 4.78 is 28.4. The van der Waals surface area contributed by atoms with Crippen LogP contribution >= 0.6 is 23.1 Å². The first-order chi connectivity index (χ1) is 18.9. The number of amides is 3. The lowest BCUT2D eigenvalue weighted by atomic mass is 9.83. The molecule has 0 spiro atoms. The number of thiazole rings is 1. The number of carbonyl (C=O) groups excluding carboxylic acids is 3. The number of sulfonamides is 1. The first kappa shape index (κ1) is 27.6. The Morgan fingerprint density at radius 1 is 1.10 bits per heavy atom. The molecule has 0 aliphatic carbocycles. The van der Waals surface area contributed by atoms with Gasteiger partial charge in [-0.15, -0.1) is 0 Å². The van der Waals surface area contributed by atoms with Crippen LogP contribution in [0.3, 0.4) is 0 Å². The second-order valence-electron chi connectivity index (χ2n) is 8.88. The minimum Gasteiger partial charge on any atom is -0.484 e. The number of thioether (sulfide) groups is 1. The third-order valence-corrected chi connectivity index (χ3v) is 9.59. The number of carbonyl (C=O) groups is 4. The van der Waals surface area contributed by atoms with E-state index in [9.17, 15) is 37.5 Å². The van der Waals surface area contributed by atoms with Crippen LogP contribution in [0.25, 0.3) is 0 Å². The predicted molar refractivity (Wildman–Crippen MR) is 143 cm³/mol. The van der Waals surface area contributed by atoms with Crippen molar-refractivity contribution in [3.63, 3.8) is 0 Å². The Kier molecular flexibility index (Phi) is 7.26. The summed E-state index contributed by atoms with van der Waals surface area (Å²) >= 11 is 1.94. The molecule has 208 valence electrons. The first-order valence-corrected chi connectivity index (χ1v) is 14.8. The fourth-order valence-corrected chi connectivity index (χ4v) is 7.65. The average Bonchev–Trinajstić information content (AvgIpc) is 3.37. The van der Waals surface area contributed by atoms with Gasteiger partial charge in [0.25, 0.3) is 5.91 Å². The van der Waals surface area contributed by atoms with Gasteiger partial charge in [-0.1, -0.05) is 35.2 Å². The highest BCUT2D eigenvalue weighted by Gasteiger charge is 2.56. The zero-order valence-electron chi connectivity index (χ0n) is 20.2. The van der Waals surface area contributed by atoms with Crippen molar-refractivity contribution in [2.75, 3.05) is 18.5 Å². The summed E-state index contributed by atoms with van der Waals surface area (Å²) in [4.78, 5) is 65.6. The van der Waals surface area contributed by atoms with Crippen LogP contribution in [0.4, 0.5) is 5.69 Å². The van der Waals surface area contributed by atoms with E-state index in [2.05, 4.69) is 10.3 Å². The van der Waals surface area contributed by atoms with Gasteiger partial charge in [-0.3, -0.25) is 28.9 Å². The van der Waals surface area contributed by atoms with Crippen LogP contribution in [0.2, 0.25) is 0 Å². The lowest BCUT2D eigenvalue weighted by molar-refractivity contribution is -0.149. The van der Waals surface area contributed by atoms with Gasteiger partial charge in [-0.25, -0.2) is 13.6 Å². The second kappa shape index (κ2) is 10.5. The highest BCUT2D eigenvalue weighted by Crippen LogP contribution is 2.52. The molecule has 16 heteroatoms. The summed E-state index contributed by atoms with van der Waals surface area (Å²) in [6, 6.07) is 11.8. The Bertz CT molecular complexity index is 1700. The van der Waals surface area contributed by atoms with E-state index in [0.717, 1.165) is 28.0 Å². The molecule has 5 N–H and O–H groups in total. The van der Waals surface area contributed by atoms with E-state index >= 15 is 0 Å². The zero-order chi connectivity index (χ0) is 28.8. The van der Waals surface area contributed by atoms with E-state index in [-0.39, 0.29) is 15.5 Å². The normalized spacial score (nSPS) is 20.1. The molecule has 2 aliphatic rings. The molecule has 1 aromatic heterocycles. The number of benzene rings is 2. The number of aliphatic carboxylic acids is 1. The third-order valence-electron chi connectivity index (χ3n) is 6.26. The van der Waals surface area contributed by atoms with E-state index < -0.39 is 64.0 Å². The number of rotatable bonds is 8. The summed E-state index contributed by atoms with van der Waals surface area (Å²) in [6.07, 6.45) is 0. The molecule has 5 rings (SSSR count). The summed E-state index contributed by atoms with van der Waals surface area (Å²) in [5.74, 6) is -4.51. The van der Waals surface area contributed by atoms with E-state index in [0.29, 0.717) is 21.2 Å². The standard InChI is InChI=1S/C24H20N4O9S3/c25-40(35,36)14-6-4-12(5-7-14)26-15(29)10-37-13-3-1-2-11(8-13)17-18-20(38-21-19(17)39-24(34)27-21)23(33)28(22(18)32)9-16(30)31/h1-8,17-18,20H,9-10H2,(H,26,29)(H,27,34)(H,30,31)(H2,25,35,36)/t17-,18?,20?/m1/s1. The maximum atomic E-state index is 13.3. The van der Waals surface area contributed by atoms with Crippen LogP contribution in [0.5, 0.6) is 5.75 Å². The first-order valence-electron chi connectivity index (χ1n) is 11.5. The number of primary sulfonamides is 1. The van der Waals surface area contributed by atoms with Crippen LogP contribution in [0, 0.1) is 5.92 Å². The number of nitrogens with zero attached hydrogens (tertiary/aromatic N) is 1. The predicted octanol–water partition coefficient (Wildman–Crippen LogP) is 0.777. The number of hydrogen-bond acceptors (Lipinski definition) is 10. The highest BCUT2D eigenvalue weighted by atomic mass is 32.2. The maximum Gasteiger partial charge on any atom is 0.323 e. The van der Waals surface area contributed by atoms with Gasteiger partial charge < -0.3 is 20.1 Å². The molecule has 1 fully saturated rings. The van der Waals surface area contributed by atoms with Gasteiger partial charge >= 0.3 is 10.8 Å². The van der Waals surface area contributed by atoms with Crippen LogP contribution in [-0.4, -0.2) is 65.5 Å². The van der Waals surface area contributed by atoms with Crippen molar-refractivity contribution in [2.24, 2.45) is 11.1 Å². The van der Waals surface area contributed by atoms with E-state index in [1.807, 2.05) is 0 Å². The number of nitrogens with one attached hydrogen (secondary N) is 2. The lowest BCUT2D eigenvalue weighted by Gasteiger charge is -2.30. The minimum absolute atomic E-state index is 0.106. The van der Waals surface area contributed by atoms with E-state index in [4.69, 9.17) is 9.88 Å². The number of aromatic amines is 1. The Morgan fingerprint density at radius 3 is 2.50 bits per heavy atom. The topological polar surface area (TPSA) is 206 Å². The average molecular weight is 605 g/mol. The Labute approximate surface area is 234 Å². The fraction of sp³-hybridized carbons (Fsp3) is 0.208. The number of imide groups is 1. The van der Waals surface area contributed by atoms with Crippen molar-refractivity contribution < 1.29 is 37.4 Å². The number of likely N-dealkylation sites (tertiary alicyclic amines) is 1. The van der Waals surface area contributed by atoms with Crippen LogP contribution in [-0.2, 0) is 29.2 Å². The van der Waals surface area contributed by atoms with Gasteiger partial charge in [0.2, 0.25) is 21.8 Å². The molecule has 3 amide bonds. The van der Waals surface area contributed by atoms with Crippen molar-refractivity contribution in [1.29, 1.82) is 0 Å². The number of hydrogen-bond donors (Lipinski definition) is 4. The molecule has 3 atom stereocenters. The Hall–Kier alpha value is -3.99. The number of nitrogens with two attached hydrogens (primary N) is 1. The van der Waals surface area contributed by atoms with Crippen molar-refractivity contribution in [1.82, 2.24) is 9.88 Å². The molecule has 2 aromatic carbocycles. The molecule has 40 heavy (non-hydrogen) atoms. The molecule has 0 saturated carbocycles. The largest absolute Gasteiger partial charge is 0.484 e. The number of carboxylic acid groups (broad SMARTS) is 1. The van der Waals surface area contributed by atoms with E-state index in [1.165, 1.54) is 24.3 Å². The molecule has 3 aromatic rings. The second-order valence-corrected chi connectivity index (χ2v) is 12.6. The summed E-state index contributed by atoms with van der Waals surface area (Å²) in [5, 5.41) is 16.4. The van der Waals surface area contributed by atoms with Gasteiger partial charge in [0.1, 0.15) is 17.5 Å². The summed E-state index contributed by atoms with van der Waals surface area (Å²) in [7, 11) is -3.87. The lowest BCUT2D eigenvalue weighted by Crippen LogP contribution is -2.36. The van der Waals surface area contributed by atoms with E-state index in [1.54, 1.807) is 24.3 Å². The number of fused-ring (bicyclic) bond motifs is 2. The third kappa shape index (κ3) is 5.38. The Morgan fingerprint density at radius 2 is 1.82 bits per heavy atom. The minimum atomic E-state index is -3.87. The van der Waals surface area contributed by atoms with Crippen molar-refractivity contribution in [3.8, 4) is 5.75 Å². The van der Waals surface area contributed by atoms with Crippen LogP contribution in [0.1, 0.15) is 16.4 Å². The van der Waals surface area contributed by atoms with Gasteiger partial charge in [0, 0.05) is 16.5 Å². The van der Waals surface area contributed by atoms with Gasteiger partial charge in [0.05, 0.1) is 15.8 Å². The monoisotopic (exact) mass is 604 g/mol. The van der Waals surface area contributed by atoms with Crippen molar-refractivity contribution in [3.05, 3.63) is 68.6 Å². The summed E-state index contributed by atoms with van der Waals surface area (Å²) in [6.45, 7) is -1.16. The SMILES string of the molecule is NS(=O)(=O)c1ccc(NC(=O)COc2cccc([C@H]3c4sc(=O)[nH]c4SC4C(=O)N(CC(=O)O)C(=O)C43)c2)cc1. The number of aromatic nitrogens is 1. The highest BCUT2D eigenvalue weighted by molar-refractivity contribution is 8.00. The molecule has 1 saturated heterocycles. The van der Waals surface area contributed by atoms with Crippen molar-refractivity contribution >= 4 is 62.5 Å². The van der Waals surface area contributed by atoms with Gasteiger partial charge in [-0.05, 0) is 42.0 Å². The molecule has 3 heterocycles. The number of H-pyrrole nitrogens is 1. The molecular formula is C24H20N4O9S3. The molecule has 2 unspecified atom stereocenters. The number of anilines is 1. The van der Waals surface area contributed by atoms with Crippen molar-refractivity contribution in [2.45, 2.75) is 21.1 Å². The maximum absolute atomic E-state index is 13.3. The number of carboxylic acids is 1. The van der Waals surface area contributed by atoms with Crippen LogP contribution in [0.15, 0.2) is 63.2 Å². The molecule has 2 aliphatic heterocycles.